The van der Waals surface area contributed by atoms with Crippen LogP contribution >= 0.6 is 24.0 Å². The van der Waals surface area contributed by atoms with E-state index in [1.807, 2.05) is 7.05 Å². The van der Waals surface area contributed by atoms with Crippen LogP contribution in [0.4, 0.5) is 5.69 Å². The van der Waals surface area contributed by atoms with Gasteiger partial charge >= 0.3 is 0 Å². The maximum atomic E-state index is 5.06. The third-order valence-electron chi connectivity index (χ3n) is 3.66. The van der Waals surface area contributed by atoms with Gasteiger partial charge in [0.05, 0.1) is 0 Å². The van der Waals surface area contributed by atoms with E-state index in [2.05, 4.69) is 39.5 Å². The molecule has 118 valence electrons. The zero-order valence-electron chi connectivity index (χ0n) is 13.0. The summed E-state index contributed by atoms with van der Waals surface area (Å²) < 4.78 is 5.06. The van der Waals surface area contributed by atoms with Gasteiger partial charge in [-0.25, -0.2) is 0 Å². The maximum Gasteiger partial charge on any atom is 0.198 e. The van der Waals surface area contributed by atoms with Crippen molar-refractivity contribution < 1.29 is 4.74 Å². The summed E-state index contributed by atoms with van der Waals surface area (Å²) in [5.74, 6) is 0.988. The number of aliphatic imine (C=N–C) groups is 1. The van der Waals surface area contributed by atoms with Crippen molar-refractivity contribution in [2.24, 2.45) is 4.99 Å². The fraction of sp³-hybridized carbons (Fsp3) is 0.562. The summed E-state index contributed by atoms with van der Waals surface area (Å²) >= 11 is 0. The fourth-order valence-corrected chi connectivity index (χ4v) is 2.60. The van der Waals surface area contributed by atoms with Crippen LogP contribution < -0.4 is 10.2 Å². The van der Waals surface area contributed by atoms with Crippen molar-refractivity contribution in [1.82, 2.24) is 5.32 Å². The number of methoxy groups -OCH3 is 1. The summed E-state index contributed by atoms with van der Waals surface area (Å²) in [4.78, 5) is 6.69. The molecule has 0 spiro atoms. The maximum absolute atomic E-state index is 5.06. The van der Waals surface area contributed by atoms with Crippen LogP contribution in [0.25, 0.3) is 0 Å². The third-order valence-corrected chi connectivity index (χ3v) is 3.66. The van der Waals surface area contributed by atoms with Crippen LogP contribution in [-0.4, -0.2) is 39.8 Å². The van der Waals surface area contributed by atoms with Gasteiger partial charge in [-0.15, -0.1) is 24.0 Å². The van der Waals surface area contributed by atoms with E-state index in [1.165, 1.54) is 17.7 Å². The lowest BCUT2D eigenvalue weighted by Crippen LogP contribution is -2.40. The van der Waals surface area contributed by atoms with E-state index in [1.54, 1.807) is 7.11 Å². The molecule has 0 aliphatic carbocycles. The van der Waals surface area contributed by atoms with E-state index in [-0.39, 0.29) is 24.0 Å². The molecule has 1 aromatic carbocycles. The minimum atomic E-state index is 0. The molecular weight excluding hydrogens is 377 g/mol. The summed E-state index contributed by atoms with van der Waals surface area (Å²) in [7, 11) is 3.61. The van der Waals surface area contributed by atoms with Gasteiger partial charge in [-0.05, 0) is 37.3 Å². The fourth-order valence-electron chi connectivity index (χ4n) is 2.60. The highest BCUT2D eigenvalue weighted by atomic mass is 127. The molecule has 0 saturated heterocycles. The molecule has 21 heavy (non-hydrogen) atoms. The highest BCUT2D eigenvalue weighted by molar-refractivity contribution is 14.0. The molecule has 2 rings (SSSR count). The average molecular weight is 403 g/mol. The molecule has 1 N–H and O–H groups in total. The standard InChI is InChI=1S/C16H25N3O.HI/c1-17-16(18-11-6-3-7-13-20-2)19-12-10-14-8-4-5-9-15(14)19;/h4-5,8-9H,3,6-7,10-13H2,1-2H3,(H,17,18);1H. The second kappa shape index (κ2) is 10.00. The molecule has 1 aliphatic heterocycles. The van der Waals surface area contributed by atoms with Crippen LogP contribution in [0.5, 0.6) is 0 Å². The van der Waals surface area contributed by atoms with Crippen molar-refractivity contribution in [2.75, 3.05) is 38.8 Å². The first-order valence-corrected chi connectivity index (χ1v) is 7.42. The van der Waals surface area contributed by atoms with Crippen molar-refractivity contribution in [1.29, 1.82) is 0 Å². The van der Waals surface area contributed by atoms with Gasteiger partial charge < -0.3 is 15.0 Å². The molecule has 0 bridgehead atoms. The number of para-hydroxylation sites is 1. The number of hydrogen-bond donors (Lipinski definition) is 1. The van der Waals surface area contributed by atoms with Gasteiger partial charge in [-0.1, -0.05) is 18.2 Å². The first-order valence-electron chi connectivity index (χ1n) is 7.42. The van der Waals surface area contributed by atoms with Crippen molar-refractivity contribution >= 4 is 35.6 Å². The highest BCUT2D eigenvalue weighted by Gasteiger charge is 2.21. The Balaban J connectivity index is 0.00000220. The van der Waals surface area contributed by atoms with E-state index < -0.39 is 0 Å². The number of nitrogens with one attached hydrogen (secondary N) is 1. The molecule has 1 aromatic rings. The van der Waals surface area contributed by atoms with Crippen molar-refractivity contribution in [3.63, 3.8) is 0 Å². The van der Waals surface area contributed by atoms with E-state index in [0.717, 1.165) is 44.9 Å². The van der Waals surface area contributed by atoms with Crippen molar-refractivity contribution in [2.45, 2.75) is 25.7 Å². The Morgan fingerprint density at radius 2 is 2.10 bits per heavy atom. The van der Waals surface area contributed by atoms with Crippen LogP contribution in [0.3, 0.4) is 0 Å². The molecular formula is C16H26IN3O. The zero-order chi connectivity index (χ0) is 14.2. The predicted molar refractivity (Wildman–Crippen MR) is 100.0 cm³/mol. The van der Waals surface area contributed by atoms with E-state index >= 15 is 0 Å². The first kappa shape index (κ1) is 18.2. The Morgan fingerprint density at radius 3 is 2.86 bits per heavy atom. The predicted octanol–water partition coefficient (Wildman–Crippen LogP) is 3.06. The first-order chi connectivity index (χ1) is 9.86. The van der Waals surface area contributed by atoms with Gasteiger partial charge in [0.1, 0.15) is 0 Å². The average Bonchev–Trinajstić information content (AvgIpc) is 2.91. The van der Waals surface area contributed by atoms with Gasteiger partial charge in [-0.2, -0.15) is 0 Å². The molecule has 0 radical (unpaired) electrons. The van der Waals surface area contributed by atoms with Crippen molar-refractivity contribution in [3.05, 3.63) is 29.8 Å². The molecule has 0 fully saturated rings. The van der Waals surface area contributed by atoms with Gasteiger partial charge in [0, 0.05) is 39.5 Å². The number of rotatable bonds is 6. The lowest BCUT2D eigenvalue weighted by molar-refractivity contribution is 0.192. The Bertz CT molecular complexity index is 451. The molecule has 0 atom stereocenters. The molecule has 4 nitrogen and oxygen atoms in total. The number of anilines is 1. The van der Waals surface area contributed by atoms with Crippen LogP contribution in [0, 0.1) is 0 Å². The molecule has 5 heteroatoms. The summed E-state index contributed by atoms with van der Waals surface area (Å²) in [6.07, 6.45) is 4.57. The minimum absolute atomic E-state index is 0. The lowest BCUT2D eigenvalue weighted by Gasteiger charge is -2.22. The zero-order valence-corrected chi connectivity index (χ0v) is 15.3. The Morgan fingerprint density at radius 1 is 1.29 bits per heavy atom. The molecule has 0 saturated carbocycles. The normalized spacial score (nSPS) is 13.8. The third kappa shape index (κ3) is 5.14. The SMILES string of the molecule is CN=C(NCCCCCOC)N1CCc2ccccc21.I. The summed E-state index contributed by atoms with van der Waals surface area (Å²) in [6.45, 7) is 2.84. The quantitative estimate of drug-likeness (QED) is 0.343. The molecule has 0 aromatic heterocycles. The number of unbranched alkanes of at least 4 members (excludes halogenated alkanes) is 2. The molecule has 0 unspecified atom stereocenters. The number of guanidine groups is 1. The van der Waals surface area contributed by atoms with E-state index in [9.17, 15) is 0 Å². The Labute approximate surface area is 145 Å². The van der Waals surface area contributed by atoms with Gasteiger partial charge in [0.15, 0.2) is 5.96 Å². The molecule has 1 heterocycles. The largest absolute Gasteiger partial charge is 0.385 e. The van der Waals surface area contributed by atoms with Gasteiger partial charge in [-0.3, -0.25) is 4.99 Å². The minimum Gasteiger partial charge on any atom is -0.385 e. The number of benzene rings is 1. The van der Waals surface area contributed by atoms with Crippen LogP contribution in [-0.2, 0) is 11.2 Å². The molecule has 1 aliphatic rings. The van der Waals surface area contributed by atoms with Crippen LogP contribution in [0.2, 0.25) is 0 Å². The smallest absolute Gasteiger partial charge is 0.198 e. The number of halogens is 1. The number of ether oxygens (including phenoxy) is 1. The second-order valence-electron chi connectivity index (χ2n) is 5.06. The topological polar surface area (TPSA) is 36.9 Å². The van der Waals surface area contributed by atoms with E-state index in [4.69, 9.17) is 4.74 Å². The second-order valence-corrected chi connectivity index (χ2v) is 5.06. The van der Waals surface area contributed by atoms with Crippen LogP contribution in [0.15, 0.2) is 29.3 Å². The summed E-state index contributed by atoms with van der Waals surface area (Å²) in [6, 6.07) is 8.57. The van der Waals surface area contributed by atoms with E-state index in [0.29, 0.717) is 0 Å². The van der Waals surface area contributed by atoms with Crippen LogP contribution in [0.1, 0.15) is 24.8 Å². The van der Waals surface area contributed by atoms with Crippen molar-refractivity contribution in [3.8, 4) is 0 Å². The number of nitrogens with zero attached hydrogens (tertiary/aromatic N) is 2. The monoisotopic (exact) mass is 403 g/mol. The van der Waals surface area contributed by atoms with Gasteiger partial charge in [0.25, 0.3) is 0 Å². The number of hydrogen-bond acceptors (Lipinski definition) is 2. The Kier molecular flexibility index (Phi) is 8.68. The summed E-state index contributed by atoms with van der Waals surface area (Å²) in [5, 5.41) is 3.46. The lowest BCUT2D eigenvalue weighted by atomic mass is 10.2. The molecule has 0 amide bonds. The van der Waals surface area contributed by atoms with Gasteiger partial charge in [0.2, 0.25) is 0 Å². The Hall–Kier alpha value is -0.820. The highest BCUT2D eigenvalue weighted by Crippen LogP contribution is 2.27. The summed E-state index contributed by atoms with van der Waals surface area (Å²) in [5.41, 5.74) is 2.70. The number of fused-ring (bicyclic) bond motifs is 1.